The monoisotopic (exact) mass is 256 g/mol. The van der Waals surface area contributed by atoms with Gasteiger partial charge in [-0.25, -0.2) is 22.2 Å². The van der Waals surface area contributed by atoms with Gasteiger partial charge in [0.25, 0.3) is 15.5 Å². The Morgan fingerprint density at radius 2 is 2.07 bits per heavy atom. The first-order valence-corrected chi connectivity index (χ1v) is 6.04. The minimum absolute atomic E-state index is 0.0489. The van der Waals surface area contributed by atoms with E-state index < -0.39 is 31.9 Å². The highest BCUT2D eigenvalue weighted by molar-refractivity contribution is 8.13. The third-order valence-electron chi connectivity index (χ3n) is 1.67. The summed E-state index contributed by atoms with van der Waals surface area (Å²) in [5.74, 6) is -0.514. The molecule has 1 aromatic heterocycles. The van der Waals surface area contributed by atoms with Crippen molar-refractivity contribution in [3.05, 3.63) is 17.3 Å². The lowest BCUT2D eigenvalue weighted by molar-refractivity contribution is 0.146. The van der Waals surface area contributed by atoms with Gasteiger partial charge in [0.15, 0.2) is 0 Å². The Kier molecular flexibility index (Phi) is 3.15. The summed E-state index contributed by atoms with van der Waals surface area (Å²) >= 11 is 0. The first kappa shape index (κ1) is 12.1. The van der Waals surface area contributed by atoms with E-state index in [0.717, 1.165) is 6.07 Å². The molecule has 15 heavy (non-hydrogen) atoms. The largest absolute Gasteiger partial charge is 0.383 e. The van der Waals surface area contributed by atoms with E-state index in [0.29, 0.717) is 0 Å². The number of nitrogens with two attached hydrogens (primary N) is 1. The van der Waals surface area contributed by atoms with E-state index in [1.54, 1.807) is 0 Å². The molecule has 0 fully saturated rings. The van der Waals surface area contributed by atoms with Crippen LogP contribution in [-0.2, 0) is 9.05 Å². The second-order valence-corrected chi connectivity index (χ2v) is 5.32. The number of rotatable bonds is 2. The van der Waals surface area contributed by atoms with Crippen LogP contribution in [0.3, 0.4) is 0 Å². The van der Waals surface area contributed by atoms with Crippen molar-refractivity contribution in [3.63, 3.8) is 0 Å². The SMILES string of the molecule is Cc1cc(C(F)F)nc(N)c1S(=O)(=O)Cl. The molecule has 0 unspecified atom stereocenters. The van der Waals surface area contributed by atoms with Gasteiger partial charge < -0.3 is 5.73 Å². The van der Waals surface area contributed by atoms with Crippen LogP contribution < -0.4 is 5.73 Å². The zero-order chi connectivity index (χ0) is 11.8. The smallest absolute Gasteiger partial charge is 0.280 e. The van der Waals surface area contributed by atoms with Gasteiger partial charge in [-0.3, -0.25) is 0 Å². The van der Waals surface area contributed by atoms with Crippen LogP contribution in [0.4, 0.5) is 14.6 Å². The van der Waals surface area contributed by atoms with E-state index in [9.17, 15) is 17.2 Å². The summed E-state index contributed by atoms with van der Waals surface area (Å²) < 4.78 is 46.5. The van der Waals surface area contributed by atoms with Crippen LogP contribution in [0.15, 0.2) is 11.0 Å². The molecule has 0 saturated heterocycles. The summed E-state index contributed by atoms with van der Waals surface area (Å²) in [4.78, 5) is 2.84. The zero-order valence-corrected chi connectivity index (χ0v) is 9.11. The van der Waals surface area contributed by atoms with Crippen molar-refractivity contribution in [2.75, 3.05) is 5.73 Å². The molecule has 0 aliphatic rings. The maximum atomic E-state index is 12.3. The molecule has 0 saturated carbocycles. The molecule has 8 heteroatoms. The van der Waals surface area contributed by atoms with E-state index in [2.05, 4.69) is 4.98 Å². The molecule has 0 bridgehead atoms. The van der Waals surface area contributed by atoms with E-state index in [4.69, 9.17) is 16.4 Å². The molecular weight excluding hydrogens is 250 g/mol. The topological polar surface area (TPSA) is 73.0 Å². The quantitative estimate of drug-likeness (QED) is 0.820. The molecule has 4 nitrogen and oxygen atoms in total. The third-order valence-corrected chi connectivity index (χ3v) is 3.15. The summed E-state index contributed by atoms with van der Waals surface area (Å²) in [6.45, 7) is 1.32. The molecule has 0 aromatic carbocycles. The highest BCUT2D eigenvalue weighted by Gasteiger charge is 2.21. The lowest BCUT2D eigenvalue weighted by Gasteiger charge is -2.07. The predicted octanol–water partition coefficient (Wildman–Crippen LogP) is 1.84. The van der Waals surface area contributed by atoms with Crippen LogP contribution in [0, 0.1) is 6.92 Å². The maximum absolute atomic E-state index is 12.3. The van der Waals surface area contributed by atoms with E-state index in [1.807, 2.05) is 0 Å². The van der Waals surface area contributed by atoms with Crippen LogP contribution in [0.5, 0.6) is 0 Å². The number of halogens is 3. The Balaban J connectivity index is 3.48. The molecule has 0 amide bonds. The summed E-state index contributed by atoms with van der Waals surface area (Å²) in [6.07, 6.45) is -2.81. The van der Waals surface area contributed by atoms with Crippen LogP contribution in [0.2, 0.25) is 0 Å². The molecule has 84 valence electrons. The van der Waals surface area contributed by atoms with Gasteiger partial charge >= 0.3 is 0 Å². The fraction of sp³-hybridized carbons (Fsp3) is 0.286. The number of hydrogen-bond acceptors (Lipinski definition) is 4. The Morgan fingerprint density at radius 3 is 2.40 bits per heavy atom. The Hall–Kier alpha value is -0.950. The van der Waals surface area contributed by atoms with Crippen molar-refractivity contribution in [1.82, 2.24) is 4.98 Å². The fourth-order valence-corrected chi connectivity index (χ4v) is 2.48. The van der Waals surface area contributed by atoms with E-state index in [1.165, 1.54) is 6.92 Å². The lowest BCUT2D eigenvalue weighted by atomic mass is 10.2. The van der Waals surface area contributed by atoms with Gasteiger partial charge in [0.05, 0.1) is 0 Å². The first-order valence-electron chi connectivity index (χ1n) is 3.73. The molecule has 0 aliphatic carbocycles. The highest BCUT2D eigenvalue weighted by atomic mass is 35.7. The van der Waals surface area contributed by atoms with Gasteiger partial charge in [0, 0.05) is 10.7 Å². The molecule has 1 rings (SSSR count). The van der Waals surface area contributed by atoms with E-state index in [-0.39, 0.29) is 5.56 Å². The Bertz CT molecular complexity index is 467. The van der Waals surface area contributed by atoms with Gasteiger partial charge in [0.2, 0.25) is 0 Å². The van der Waals surface area contributed by atoms with Gasteiger partial charge in [-0.05, 0) is 18.6 Å². The van der Waals surface area contributed by atoms with Crippen molar-refractivity contribution in [2.24, 2.45) is 0 Å². The number of aromatic nitrogens is 1. The molecule has 1 heterocycles. The normalized spacial score (nSPS) is 12.1. The zero-order valence-electron chi connectivity index (χ0n) is 7.54. The minimum Gasteiger partial charge on any atom is -0.383 e. The van der Waals surface area contributed by atoms with Crippen LogP contribution >= 0.6 is 10.7 Å². The molecule has 0 spiro atoms. The molecule has 2 N–H and O–H groups in total. The van der Waals surface area contributed by atoms with Crippen molar-refractivity contribution < 1.29 is 17.2 Å². The summed E-state index contributed by atoms with van der Waals surface area (Å²) in [7, 11) is 0.999. The second-order valence-electron chi connectivity index (χ2n) is 2.82. The lowest BCUT2D eigenvalue weighted by Crippen LogP contribution is -2.06. The molecule has 0 aliphatic heterocycles. The number of aryl methyl sites for hydroxylation is 1. The van der Waals surface area contributed by atoms with Crippen molar-refractivity contribution in [1.29, 1.82) is 0 Å². The number of alkyl halides is 2. The minimum atomic E-state index is -4.07. The average molecular weight is 257 g/mol. The number of nitrogen functional groups attached to an aromatic ring is 1. The molecule has 0 radical (unpaired) electrons. The van der Waals surface area contributed by atoms with Gasteiger partial charge in [-0.1, -0.05) is 0 Å². The standard InChI is InChI=1S/C7H7ClF2N2O2S/c1-3-2-4(6(9)10)12-7(11)5(3)15(8,13)14/h2,6H,1H3,(H2,11,12). The maximum Gasteiger partial charge on any atom is 0.280 e. The van der Waals surface area contributed by atoms with Crippen LogP contribution in [0.1, 0.15) is 17.7 Å². The first-order chi connectivity index (χ1) is 6.73. The molecule has 0 atom stereocenters. The number of hydrogen-bond donors (Lipinski definition) is 1. The average Bonchev–Trinajstić information content (AvgIpc) is 1.99. The number of anilines is 1. The Labute approximate surface area is 89.5 Å². The third kappa shape index (κ3) is 2.54. The van der Waals surface area contributed by atoms with Gasteiger partial charge in [-0.15, -0.1) is 0 Å². The number of pyridine rings is 1. The van der Waals surface area contributed by atoms with Gasteiger partial charge in [-0.2, -0.15) is 0 Å². The Morgan fingerprint density at radius 1 is 1.53 bits per heavy atom. The van der Waals surface area contributed by atoms with Gasteiger partial charge in [0.1, 0.15) is 16.4 Å². The fourth-order valence-electron chi connectivity index (χ4n) is 1.14. The van der Waals surface area contributed by atoms with Crippen LogP contribution in [0.25, 0.3) is 0 Å². The van der Waals surface area contributed by atoms with Crippen LogP contribution in [-0.4, -0.2) is 13.4 Å². The van der Waals surface area contributed by atoms with Crippen molar-refractivity contribution in [2.45, 2.75) is 18.2 Å². The summed E-state index contributed by atoms with van der Waals surface area (Å²) in [5, 5.41) is 0. The second kappa shape index (κ2) is 3.90. The van der Waals surface area contributed by atoms with Crippen molar-refractivity contribution in [3.8, 4) is 0 Å². The van der Waals surface area contributed by atoms with E-state index >= 15 is 0 Å². The molecule has 1 aromatic rings. The predicted molar refractivity (Wildman–Crippen MR) is 51.4 cm³/mol. The molecular formula is C7H7ClF2N2O2S. The summed E-state index contributed by atoms with van der Waals surface area (Å²) in [6, 6.07) is 0.941. The van der Waals surface area contributed by atoms with Crippen molar-refractivity contribution >= 4 is 25.6 Å². The number of nitrogens with zero attached hydrogens (tertiary/aromatic N) is 1. The highest BCUT2D eigenvalue weighted by Crippen LogP contribution is 2.28. The summed E-state index contributed by atoms with van der Waals surface area (Å²) in [5.41, 5.74) is 4.71.